The van der Waals surface area contributed by atoms with Gasteiger partial charge in [0.05, 0.1) is 32.5 Å². The molecule has 20 unspecified atom stereocenters. The standard InChI is InChI=1S/C28H49NO21/c1-8-12(34)21(14(36)9(5-31)44-8)47-27-18(40)22(15(37)11(7-33)46-27)48-28-19(41)23(16(38)24(50-28)25(42)29-3-4-30)49-26-17(39)20(43-2)13(35)10(6-32)45-26/h8-24,26-28,30-41H,3-7H2,1-2H3,(H,29,42). The molecule has 4 rings (SSSR count). The fraction of sp³-hybridized carbons (Fsp3) is 0.964. The third kappa shape index (κ3) is 8.55. The van der Waals surface area contributed by atoms with Gasteiger partial charge in [0.2, 0.25) is 0 Å². The molecule has 22 nitrogen and oxygen atoms in total. The van der Waals surface area contributed by atoms with E-state index < -0.39 is 155 Å². The second-order valence-corrected chi connectivity index (χ2v) is 12.4. The summed E-state index contributed by atoms with van der Waals surface area (Å²) in [5.41, 5.74) is 0. The number of carbonyl (C=O) groups excluding carboxylic acids is 1. The molecular formula is C28H49NO21. The topological polar surface area (TPSA) is 346 Å². The summed E-state index contributed by atoms with van der Waals surface area (Å²) in [5, 5.41) is 128. The molecule has 20 atom stereocenters. The number of carbonyl (C=O) groups is 1. The SMILES string of the molecule is COC1C(O)C(CO)OC(OC2C(O)C(OC3C(O)C(CO)OC(OC4C(O)C(C)OC(CO)C4O)C3O)OC(C(=O)NCCO)C2O)C1O. The maximum atomic E-state index is 13.0. The van der Waals surface area contributed by atoms with Crippen LogP contribution in [0.3, 0.4) is 0 Å². The summed E-state index contributed by atoms with van der Waals surface area (Å²) in [6.07, 6.45) is -33.9. The lowest BCUT2D eigenvalue weighted by atomic mass is 9.94. The summed E-state index contributed by atoms with van der Waals surface area (Å²) in [6, 6.07) is 0. The third-order valence-electron chi connectivity index (χ3n) is 9.11. The summed E-state index contributed by atoms with van der Waals surface area (Å²) in [4.78, 5) is 13.0. The Hall–Kier alpha value is -1.33. The minimum atomic E-state index is -2.11. The molecule has 4 fully saturated rings. The number of aliphatic hydroxyl groups excluding tert-OH is 12. The van der Waals surface area contributed by atoms with Gasteiger partial charge in [-0.3, -0.25) is 4.79 Å². The summed E-state index contributed by atoms with van der Waals surface area (Å²) >= 11 is 0. The van der Waals surface area contributed by atoms with Crippen molar-refractivity contribution in [3.63, 3.8) is 0 Å². The Bertz CT molecular complexity index is 1060. The van der Waals surface area contributed by atoms with Crippen LogP contribution in [0.5, 0.6) is 0 Å². The average molecular weight is 736 g/mol. The van der Waals surface area contributed by atoms with Gasteiger partial charge in [-0.2, -0.15) is 0 Å². The first kappa shape index (κ1) is 41.4. The number of nitrogens with one attached hydrogen (secondary N) is 1. The fourth-order valence-electron chi connectivity index (χ4n) is 6.27. The van der Waals surface area contributed by atoms with Gasteiger partial charge >= 0.3 is 0 Å². The van der Waals surface area contributed by atoms with E-state index in [9.17, 15) is 66.1 Å². The monoisotopic (exact) mass is 735 g/mol. The Labute approximate surface area is 285 Å². The first-order valence-corrected chi connectivity index (χ1v) is 16.0. The number of hydrogen-bond acceptors (Lipinski definition) is 21. The summed E-state index contributed by atoms with van der Waals surface area (Å²) in [6.45, 7) is -1.69. The number of hydrogen-bond donors (Lipinski definition) is 13. The Balaban J connectivity index is 1.60. The van der Waals surface area contributed by atoms with E-state index in [1.807, 2.05) is 0 Å². The molecule has 292 valence electrons. The second kappa shape index (κ2) is 18.1. The maximum absolute atomic E-state index is 13.0. The van der Waals surface area contributed by atoms with E-state index >= 15 is 0 Å². The molecule has 0 aromatic rings. The van der Waals surface area contributed by atoms with E-state index in [0.29, 0.717) is 0 Å². The molecule has 0 radical (unpaired) electrons. The molecule has 4 aliphatic rings. The normalized spacial score (nSPS) is 48.7. The van der Waals surface area contributed by atoms with E-state index in [1.165, 1.54) is 6.92 Å². The van der Waals surface area contributed by atoms with Crippen LogP contribution in [-0.4, -0.2) is 230 Å². The summed E-state index contributed by atoms with van der Waals surface area (Å²) in [7, 11) is 1.15. The van der Waals surface area contributed by atoms with E-state index in [-0.39, 0.29) is 6.54 Å². The number of amides is 1. The highest BCUT2D eigenvalue weighted by Crippen LogP contribution is 2.34. The molecule has 4 aliphatic heterocycles. The van der Waals surface area contributed by atoms with E-state index in [2.05, 4.69) is 5.32 Å². The quantitative estimate of drug-likeness (QED) is 0.0835. The van der Waals surface area contributed by atoms with Crippen LogP contribution < -0.4 is 5.32 Å². The molecule has 4 heterocycles. The first-order chi connectivity index (χ1) is 23.7. The minimum absolute atomic E-state index is 0.296. The first-order valence-electron chi connectivity index (χ1n) is 16.0. The van der Waals surface area contributed by atoms with Crippen molar-refractivity contribution < 1.29 is 104 Å². The van der Waals surface area contributed by atoms with Crippen molar-refractivity contribution >= 4 is 5.91 Å². The van der Waals surface area contributed by atoms with Crippen molar-refractivity contribution in [1.29, 1.82) is 0 Å². The molecule has 0 aromatic carbocycles. The fourth-order valence-corrected chi connectivity index (χ4v) is 6.27. The van der Waals surface area contributed by atoms with Crippen molar-refractivity contribution in [2.75, 3.05) is 40.1 Å². The lowest BCUT2D eigenvalue weighted by Crippen LogP contribution is -2.68. The van der Waals surface area contributed by atoms with Crippen LogP contribution in [0.15, 0.2) is 0 Å². The molecule has 0 saturated carbocycles. The van der Waals surface area contributed by atoms with Crippen molar-refractivity contribution in [3.05, 3.63) is 0 Å². The highest BCUT2D eigenvalue weighted by Gasteiger charge is 2.56. The zero-order chi connectivity index (χ0) is 37.0. The molecule has 50 heavy (non-hydrogen) atoms. The van der Waals surface area contributed by atoms with E-state index in [1.54, 1.807) is 0 Å². The van der Waals surface area contributed by atoms with Crippen molar-refractivity contribution in [2.24, 2.45) is 0 Å². The number of methoxy groups -OCH3 is 1. The van der Waals surface area contributed by atoms with Gasteiger partial charge in [-0.25, -0.2) is 0 Å². The Morgan fingerprint density at radius 3 is 1.42 bits per heavy atom. The van der Waals surface area contributed by atoms with Gasteiger partial charge in [-0.05, 0) is 6.92 Å². The van der Waals surface area contributed by atoms with Crippen LogP contribution in [0.25, 0.3) is 0 Å². The summed E-state index contributed by atoms with van der Waals surface area (Å²) in [5.74, 6) is -1.04. The molecule has 22 heteroatoms. The molecule has 0 aromatic heterocycles. The molecule has 0 aliphatic carbocycles. The van der Waals surface area contributed by atoms with E-state index in [0.717, 1.165) is 7.11 Å². The number of ether oxygens (including phenoxy) is 8. The largest absolute Gasteiger partial charge is 0.395 e. The Morgan fingerprint density at radius 2 is 0.960 bits per heavy atom. The molecule has 0 bridgehead atoms. The second-order valence-electron chi connectivity index (χ2n) is 12.4. The van der Waals surface area contributed by atoms with Crippen LogP contribution in [0.2, 0.25) is 0 Å². The highest BCUT2D eigenvalue weighted by atomic mass is 16.8. The summed E-state index contributed by atoms with van der Waals surface area (Å²) < 4.78 is 44.0. The number of rotatable bonds is 13. The van der Waals surface area contributed by atoms with Crippen molar-refractivity contribution in [2.45, 2.75) is 130 Å². The smallest absolute Gasteiger partial charge is 0.252 e. The van der Waals surface area contributed by atoms with Gasteiger partial charge in [-0.1, -0.05) is 0 Å². The Morgan fingerprint density at radius 1 is 0.560 bits per heavy atom. The maximum Gasteiger partial charge on any atom is 0.252 e. The highest BCUT2D eigenvalue weighted by molar-refractivity contribution is 5.81. The van der Waals surface area contributed by atoms with Gasteiger partial charge in [0.1, 0.15) is 91.6 Å². The van der Waals surface area contributed by atoms with Crippen LogP contribution in [-0.2, 0) is 42.7 Å². The lowest BCUT2D eigenvalue weighted by molar-refractivity contribution is -0.383. The predicted molar refractivity (Wildman–Crippen MR) is 155 cm³/mol. The molecule has 4 saturated heterocycles. The van der Waals surface area contributed by atoms with Crippen LogP contribution in [0.4, 0.5) is 0 Å². The lowest BCUT2D eigenvalue weighted by Gasteiger charge is -2.49. The van der Waals surface area contributed by atoms with Gasteiger partial charge in [0.15, 0.2) is 25.0 Å². The van der Waals surface area contributed by atoms with Gasteiger partial charge in [-0.15, -0.1) is 0 Å². The zero-order valence-corrected chi connectivity index (χ0v) is 27.1. The minimum Gasteiger partial charge on any atom is -0.395 e. The van der Waals surface area contributed by atoms with Crippen LogP contribution in [0.1, 0.15) is 6.92 Å². The zero-order valence-electron chi connectivity index (χ0n) is 27.1. The van der Waals surface area contributed by atoms with Gasteiger partial charge in [0.25, 0.3) is 5.91 Å². The van der Waals surface area contributed by atoms with E-state index in [4.69, 9.17) is 37.9 Å². The predicted octanol–water partition coefficient (Wildman–Crippen LogP) is -8.91. The molecule has 1 amide bonds. The van der Waals surface area contributed by atoms with Crippen LogP contribution >= 0.6 is 0 Å². The average Bonchev–Trinajstić information content (AvgIpc) is 3.10. The molecule has 0 spiro atoms. The number of aliphatic hydroxyl groups is 12. The van der Waals surface area contributed by atoms with Crippen molar-refractivity contribution in [1.82, 2.24) is 5.32 Å². The van der Waals surface area contributed by atoms with Gasteiger partial charge in [0, 0.05) is 13.7 Å². The molecule has 13 N–H and O–H groups in total. The van der Waals surface area contributed by atoms with Crippen LogP contribution in [0, 0.1) is 0 Å². The third-order valence-corrected chi connectivity index (χ3v) is 9.11. The molecular weight excluding hydrogens is 686 g/mol. The Kier molecular flexibility index (Phi) is 15.0. The van der Waals surface area contributed by atoms with Crippen molar-refractivity contribution in [3.8, 4) is 0 Å². The van der Waals surface area contributed by atoms with Gasteiger partial charge < -0.3 is 104 Å².